The third kappa shape index (κ3) is 4.00. The van der Waals surface area contributed by atoms with E-state index in [1.165, 1.54) is 0 Å². The summed E-state index contributed by atoms with van der Waals surface area (Å²) in [6.45, 7) is 6.47. The van der Waals surface area contributed by atoms with Crippen molar-refractivity contribution in [2.45, 2.75) is 52.0 Å². The lowest BCUT2D eigenvalue weighted by molar-refractivity contribution is -0.130. The number of nitrogens with zero attached hydrogens (tertiary/aromatic N) is 4. The highest BCUT2D eigenvalue weighted by Crippen LogP contribution is 2.21. The van der Waals surface area contributed by atoms with Crippen LogP contribution in [0.25, 0.3) is 0 Å². The SMILES string of the molecule is Cc1ccc([C@@H](C)Cc2cn(CCC(=O)N3CCCC3)nn2)o1. The van der Waals surface area contributed by atoms with Crippen molar-refractivity contribution >= 4 is 5.91 Å². The first kappa shape index (κ1) is 15.8. The van der Waals surface area contributed by atoms with Crippen LogP contribution in [0.1, 0.15) is 49.3 Å². The molecule has 6 nitrogen and oxygen atoms in total. The van der Waals surface area contributed by atoms with E-state index in [1.807, 2.05) is 30.2 Å². The molecule has 1 aliphatic heterocycles. The minimum absolute atomic E-state index is 0.221. The molecule has 3 heterocycles. The molecule has 0 N–H and O–H groups in total. The first-order chi connectivity index (χ1) is 11.1. The standard InChI is InChI=1S/C17H24N4O2/c1-13(16-6-5-14(2)23-16)11-15-12-21(19-18-15)10-7-17(22)20-8-3-4-9-20/h5-6,12-13H,3-4,7-11H2,1-2H3/t13-/m0/s1. The molecule has 1 atom stereocenters. The quantitative estimate of drug-likeness (QED) is 0.821. The fourth-order valence-corrected chi connectivity index (χ4v) is 3.01. The van der Waals surface area contributed by atoms with Gasteiger partial charge in [-0.05, 0) is 31.9 Å². The van der Waals surface area contributed by atoms with Gasteiger partial charge in [0.05, 0.1) is 12.2 Å². The zero-order chi connectivity index (χ0) is 16.2. The fourth-order valence-electron chi connectivity index (χ4n) is 3.01. The maximum atomic E-state index is 12.0. The van der Waals surface area contributed by atoms with Crippen LogP contribution in [0, 0.1) is 6.92 Å². The maximum absolute atomic E-state index is 12.0. The Labute approximate surface area is 136 Å². The van der Waals surface area contributed by atoms with Crippen LogP contribution in [0.5, 0.6) is 0 Å². The molecular formula is C17H24N4O2. The Morgan fingerprint density at radius 2 is 2.13 bits per heavy atom. The first-order valence-corrected chi connectivity index (χ1v) is 8.35. The minimum atomic E-state index is 0.221. The molecule has 2 aromatic heterocycles. The van der Waals surface area contributed by atoms with Gasteiger partial charge in [-0.3, -0.25) is 9.48 Å². The normalized spacial score (nSPS) is 16.0. The predicted molar refractivity (Wildman–Crippen MR) is 86.0 cm³/mol. The molecule has 3 rings (SSSR count). The number of carbonyl (C=O) groups is 1. The van der Waals surface area contributed by atoms with Crippen molar-refractivity contribution in [1.29, 1.82) is 0 Å². The molecule has 23 heavy (non-hydrogen) atoms. The lowest BCUT2D eigenvalue weighted by Crippen LogP contribution is -2.28. The highest BCUT2D eigenvalue weighted by molar-refractivity contribution is 5.76. The average Bonchev–Trinajstić information content (AvgIpc) is 3.26. The van der Waals surface area contributed by atoms with Gasteiger partial charge in [0.1, 0.15) is 11.5 Å². The van der Waals surface area contributed by atoms with Gasteiger partial charge in [-0.25, -0.2) is 0 Å². The van der Waals surface area contributed by atoms with Gasteiger partial charge in [0.2, 0.25) is 5.91 Å². The van der Waals surface area contributed by atoms with Gasteiger partial charge in [0.25, 0.3) is 0 Å². The lowest BCUT2D eigenvalue weighted by Gasteiger charge is -2.14. The van der Waals surface area contributed by atoms with E-state index < -0.39 is 0 Å². The molecule has 124 valence electrons. The van der Waals surface area contributed by atoms with Gasteiger partial charge in [-0.2, -0.15) is 0 Å². The number of amides is 1. The second kappa shape index (κ2) is 6.98. The highest BCUT2D eigenvalue weighted by atomic mass is 16.3. The number of rotatable bonds is 6. The summed E-state index contributed by atoms with van der Waals surface area (Å²) >= 11 is 0. The first-order valence-electron chi connectivity index (χ1n) is 8.35. The lowest BCUT2D eigenvalue weighted by atomic mass is 10.0. The van der Waals surface area contributed by atoms with E-state index in [4.69, 9.17) is 4.42 Å². The number of aryl methyl sites for hydroxylation is 2. The van der Waals surface area contributed by atoms with E-state index in [0.29, 0.717) is 13.0 Å². The van der Waals surface area contributed by atoms with Crippen LogP contribution in [0.15, 0.2) is 22.7 Å². The van der Waals surface area contributed by atoms with Crippen LogP contribution < -0.4 is 0 Å². The molecule has 0 radical (unpaired) electrons. The molecule has 1 aliphatic rings. The van der Waals surface area contributed by atoms with Crippen LogP contribution >= 0.6 is 0 Å². The van der Waals surface area contributed by atoms with Crippen LogP contribution in [-0.2, 0) is 17.8 Å². The number of carbonyl (C=O) groups excluding carboxylic acids is 1. The van der Waals surface area contributed by atoms with E-state index in [1.54, 1.807) is 4.68 Å². The van der Waals surface area contributed by atoms with Crippen molar-refractivity contribution in [2.24, 2.45) is 0 Å². The van der Waals surface area contributed by atoms with Crippen LogP contribution in [0.2, 0.25) is 0 Å². The van der Waals surface area contributed by atoms with Crippen molar-refractivity contribution < 1.29 is 9.21 Å². The van der Waals surface area contributed by atoms with Gasteiger partial charge in [0.15, 0.2) is 0 Å². The highest BCUT2D eigenvalue weighted by Gasteiger charge is 2.18. The summed E-state index contributed by atoms with van der Waals surface area (Å²) < 4.78 is 7.42. The van der Waals surface area contributed by atoms with E-state index in [2.05, 4.69) is 17.2 Å². The van der Waals surface area contributed by atoms with Crippen molar-refractivity contribution in [2.75, 3.05) is 13.1 Å². The zero-order valence-corrected chi connectivity index (χ0v) is 13.9. The van der Waals surface area contributed by atoms with Crippen LogP contribution in [0.4, 0.5) is 0 Å². The topological polar surface area (TPSA) is 64.2 Å². The van der Waals surface area contributed by atoms with E-state index in [0.717, 1.165) is 49.6 Å². The van der Waals surface area contributed by atoms with Crippen molar-refractivity contribution in [3.63, 3.8) is 0 Å². The van der Waals surface area contributed by atoms with Crippen LogP contribution in [-0.4, -0.2) is 38.9 Å². The molecule has 1 fully saturated rings. The fraction of sp³-hybridized carbons (Fsp3) is 0.588. The molecule has 2 aromatic rings. The van der Waals surface area contributed by atoms with Gasteiger partial charge in [-0.15, -0.1) is 5.10 Å². The molecule has 0 aliphatic carbocycles. The van der Waals surface area contributed by atoms with Crippen molar-refractivity contribution in [3.8, 4) is 0 Å². The average molecular weight is 316 g/mol. The Morgan fingerprint density at radius 1 is 1.35 bits per heavy atom. The molecular weight excluding hydrogens is 292 g/mol. The minimum Gasteiger partial charge on any atom is -0.466 e. The number of likely N-dealkylation sites (tertiary alicyclic amines) is 1. The summed E-state index contributed by atoms with van der Waals surface area (Å²) in [6, 6.07) is 3.99. The maximum Gasteiger partial charge on any atom is 0.224 e. The number of hydrogen-bond acceptors (Lipinski definition) is 4. The molecule has 6 heteroatoms. The number of furan rings is 1. The molecule has 0 spiro atoms. The predicted octanol–water partition coefficient (Wildman–Crippen LogP) is 2.54. The number of aromatic nitrogens is 3. The molecule has 0 aromatic carbocycles. The second-order valence-corrected chi connectivity index (χ2v) is 6.36. The molecule has 0 saturated carbocycles. The molecule has 0 bridgehead atoms. The molecule has 0 unspecified atom stereocenters. The summed E-state index contributed by atoms with van der Waals surface area (Å²) in [7, 11) is 0. The number of hydrogen-bond donors (Lipinski definition) is 0. The van der Waals surface area contributed by atoms with Crippen LogP contribution in [0.3, 0.4) is 0 Å². The summed E-state index contributed by atoms with van der Waals surface area (Å²) in [4.78, 5) is 14.0. The smallest absolute Gasteiger partial charge is 0.224 e. The van der Waals surface area contributed by atoms with E-state index >= 15 is 0 Å². The summed E-state index contributed by atoms with van der Waals surface area (Å²) in [6.07, 6.45) is 5.47. The summed E-state index contributed by atoms with van der Waals surface area (Å²) in [5.41, 5.74) is 0.931. The second-order valence-electron chi connectivity index (χ2n) is 6.36. The van der Waals surface area contributed by atoms with E-state index in [-0.39, 0.29) is 11.8 Å². The van der Waals surface area contributed by atoms with Crippen molar-refractivity contribution in [1.82, 2.24) is 19.9 Å². The third-order valence-corrected chi connectivity index (χ3v) is 4.36. The summed E-state index contributed by atoms with van der Waals surface area (Å²) in [5, 5.41) is 8.34. The Bertz CT molecular complexity index is 655. The van der Waals surface area contributed by atoms with Gasteiger partial charge >= 0.3 is 0 Å². The van der Waals surface area contributed by atoms with Gasteiger partial charge < -0.3 is 9.32 Å². The Hall–Kier alpha value is -2.11. The Kier molecular flexibility index (Phi) is 4.79. The third-order valence-electron chi connectivity index (χ3n) is 4.36. The Balaban J connectivity index is 1.50. The molecule has 1 saturated heterocycles. The summed E-state index contributed by atoms with van der Waals surface area (Å²) in [5.74, 6) is 2.39. The molecule has 1 amide bonds. The van der Waals surface area contributed by atoms with Gasteiger partial charge in [-0.1, -0.05) is 12.1 Å². The zero-order valence-electron chi connectivity index (χ0n) is 13.9. The van der Waals surface area contributed by atoms with E-state index in [9.17, 15) is 4.79 Å². The largest absolute Gasteiger partial charge is 0.466 e. The Morgan fingerprint density at radius 3 is 2.83 bits per heavy atom. The van der Waals surface area contributed by atoms with Gasteiger partial charge in [0, 0.05) is 38.0 Å². The monoisotopic (exact) mass is 316 g/mol. The van der Waals surface area contributed by atoms with Crippen molar-refractivity contribution in [3.05, 3.63) is 35.5 Å².